The monoisotopic (exact) mass is 251 g/mol. The number of unbranched alkanes of at least 4 members (excludes halogenated alkanes) is 2. The van der Waals surface area contributed by atoms with Gasteiger partial charge in [-0.15, -0.1) is 0 Å². The minimum absolute atomic E-state index is 0.00264. The first-order chi connectivity index (χ1) is 7.30. The smallest absolute Gasteiger partial charge is 0.321 e. The summed E-state index contributed by atoms with van der Waals surface area (Å²) < 4.78 is 25.3. The Bertz CT molecular complexity index is 311. The molecular formula is C10H21NO4S. The van der Waals surface area contributed by atoms with E-state index in [1.54, 1.807) is 13.8 Å². The number of carboxylic acid groups (broad SMARTS) is 1. The molecule has 1 atom stereocenters. The third kappa shape index (κ3) is 6.07. The summed E-state index contributed by atoms with van der Waals surface area (Å²) in [6.07, 6.45) is 2.33. The zero-order chi connectivity index (χ0) is 12.8. The van der Waals surface area contributed by atoms with Crippen molar-refractivity contribution in [2.24, 2.45) is 5.92 Å². The van der Waals surface area contributed by atoms with Gasteiger partial charge in [0.05, 0.1) is 5.75 Å². The molecule has 6 heteroatoms. The summed E-state index contributed by atoms with van der Waals surface area (Å²) >= 11 is 0. The summed E-state index contributed by atoms with van der Waals surface area (Å²) in [5, 5.41) is 8.85. The zero-order valence-corrected chi connectivity index (χ0v) is 10.9. The first kappa shape index (κ1) is 15.4. The second-order valence-corrected chi connectivity index (χ2v) is 6.08. The van der Waals surface area contributed by atoms with Crippen LogP contribution in [0.2, 0.25) is 0 Å². The van der Waals surface area contributed by atoms with Crippen molar-refractivity contribution >= 4 is 16.0 Å². The molecule has 0 heterocycles. The van der Waals surface area contributed by atoms with Gasteiger partial charge in [-0.25, -0.2) is 13.1 Å². The van der Waals surface area contributed by atoms with Crippen LogP contribution in [0.5, 0.6) is 0 Å². The molecule has 0 unspecified atom stereocenters. The fourth-order valence-corrected chi connectivity index (χ4v) is 2.73. The Hall–Kier alpha value is -0.620. The Morgan fingerprint density at radius 3 is 2.25 bits per heavy atom. The molecule has 0 rings (SSSR count). The molecule has 0 fully saturated rings. The Morgan fingerprint density at radius 1 is 1.31 bits per heavy atom. The zero-order valence-electron chi connectivity index (χ0n) is 10.1. The molecular weight excluding hydrogens is 230 g/mol. The van der Waals surface area contributed by atoms with Gasteiger partial charge in [0, 0.05) is 0 Å². The van der Waals surface area contributed by atoms with Gasteiger partial charge >= 0.3 is 5.97 Å². The number of aliphatic carboxylic acids is 1. The molecule has 0 aliphatic carbocycles. The lowest BCUT2D eigenvalue weighted by Crippen LogP contribution is -2.45. The highest BCUT2D eigenvalue weighted by atomic mass is 32.2. The van der Waals surface area contributed by atoms with E-state index in [1.807, 2.05) is 6.92 Å². The predicted molar refractivity (Wildman–Crippen MR) is 62.7 cm³/mol. The van der Waals surface area contributed by atoms with Gasteiger partial charge in [-0.1, -0.05) is 33.6 Å². The third-order valence-electron chi connectivity index (χ3n) is 2.26. The van der Waals surface area contributed by atoms with Crippen LogP contribution in [0.3, 0.4) is 0 Å². The number of carboxylic acids is 1. The summed E-state index contributed by atoms with van der Waals surface area (Å²) in [5.74, 6) is -1.40. The van der Waals surface area contributed by atoms with Crippen molar-refractivity contribution in [3.8, 4) is 0 Å². The lowest BCUT2D eigenvalue weighted by molar-refractivity contribution is -0.140. The van der Waals surface area contributed by atoms with Crippen LogP contribution in [0, 0.1) is 5.92 Å². The molecule has 0 aromatic carbocycles. The fourth-order valence-electron chi connectivity index (χ4n) is 1.27. The highest BCUT2D eigenvalue weighted by Crippen LogP contribution is 2.05. The van der Waals surface area contributed by atoms with E-state index < -0.39 is 22.0 Å². The Kier molecular flexibility index (Phi) is 6.59. The minimum atomic E-state index is -3.47. The van der Waals surface area contributed by atoms with E-state index >= 15 is 0 Å². The van der Waals surface area contributed by atoms with Crippen LogP contribution in [-0.2, 0) is 14.8 Å². The number of rotatable bonds is 8. The van der Waals surface area contributed by atoms with Gasteiger partial charge in [0.25, 0.3) is 0 Å². The Morgan fingerprint density at radius 2 is 1.88 bits per heavy atom. The van der Waals surface area contributed by atoms with E-state index in [0.29, 0.717) is 6.42 Å². The van der Waals surface area contributed by atoms with Gasteiger partial charge in [-0.3, -0.25) is 4.79 Å². The number of hydrogen-bond acceptors (Lipinski definition) is 3. The maximum absolute atomic E-state index is 11.6. The molecule has 0 aromatic heterocycles. The molecule has 0 bridgehead atoms. The lowest BCUT2D eigenvalue weighted by atomic mass is 10.1. The first-order valence-electron chi connectivity index (χ1n) is 5.53. The molecule has 0 saturated carbocycles. The average Bonchev–Trinajstić information content (AvgIpc) is 2.13. The molecule has 96 valence electrons. The van der Waals surface area contributed by atoms with Crippen LogP contribution in [0.4, 0.5) is 0 Å². The first-order valence-corrected chi connectivity index (χ1v) is 7.18. The summed E-state index contributed by atoms with van der Waals surface area (Å²) in [6, 6.07) is -1.04. The van der Waals surface area contributed by atoms with Gasteiger partial charge in [0.1, 0.15) is 6.04 Å². The van der Waals surface area contributed by atoms with Crippen molar-refractivity contribution in [3.63, 3.8) is 0 Å². The maximum Gasteiger partial charge on any atom is 0.321 e. The highest BCUT2D eigenvalue weighted by Gasteiger charge is 2.26. The molecule has 0 radical (unpaired) electrons. The number of carbonyl (C=O) groups is 1. The number of nitrogens with one attached hydrogen (secondary N) is 1. The largest absolute Gasteiger partial charge is 0.480 e. The number of sulfonamides is 1. The minimum Gasteiger partial charge on any atom is -0.480 e. The van der Waals surface area contributed by atoms with Crippen LogP contribution in [0.25, 0.3) is 0 Å². The molecule has 0 saturated heterocycles. The van der Waals surface area contributed by atoms with E-state index in [0.717, 1.165) is 12.8 Å². The Labute approximate surface area is 97.3 Å². The van der Waals surface area contributed by atoms with Crippen LogP contribution >= 0.6 is 0 Å². The Balaban J connectivity index is 4.37. The average molecular weight is 251 g/mol. The van der Waals surface area contributed by atoms with Crippen molar-refractivity contribution in [1.82, 2.24) is 4.72 Å². The van der Waals surface area contributed by atoms with Crippen molar-refractivity contribution in [1.29, 1.82) is 0 Å². The molecule has 0 aliphatic rings. The van der Waals surface area contributed by atoms with E-state index in [2.05, 4.69) is 4.72 Å². The quantitative estimate of drug-likeness (QED) is 0.635. The van der Waals surface area contributed by atoms with Crippen molar-refractivity contribution in [2.75, 3.05) is 5.75 Å². The predicted octanol–water partition coefficient (Wildman–Crippen LogP) is 1.21. The van der Waals surface area contributed by atoms with E-state index in [1.165, 1.54) is 0 Å². The second kappa shape index (κ2) is 6.85. The standard InChI is InChI=1S/C10H21NO4S/c1-4-5-6-7-16(14,15)11-9(8(2)3)10(12)13/h8-9,11H,4-7H2,1-3H3,(H,12,13)/t9-/m0/s1. The molecule has 5 nitrogen and oxygen atoms in total. The van der Waals surface area contributed by atoms with Gasteiger partial charge in [0.2, 0.25) is 10.0 Å². The molecule has 0 spiro atoms. The normalized spacial score (nSPS) is 14.0. The van der Waals surface area contributed by atoms with Gasteiger partial charge in [-0.2, -0.15) is 0 Å². The third-order valence-corrected chi connectivity index (χ3v) is 3.70. The van der Waals surface area contributed by atoms with Crippen molar-refractivity contribution in [3.05, 3.63) is 0 Å². The van der Waals surface area contributed by atoms with Gasteiger partial charge in [-0.05, 0) is 12.3 Å². The summed E-state index contributed by atoms with van der Waals surface area (Å²) in [5.41, 5.74) is 0. The van der Waals surface area contributed by atoms with E-state index in [9.17, 15) is 13.2 Å². The fraction of sp³-hybridized carbons (Fsp3) is 0.900. The maximum atomic E-state index is 11.6. The van der Waals surface area contributed by atoms with Crippen molar-refractivity contribution in [2.45, 2.75) is 46.1 Å². The van der Waals surface area contributed by atoms with Crippen LogP contribution < -0.4 is 4.72 Å². The molecule has 2 N–H and O–H groups in total. The number of hydrogen-bond donors (Lipinski definition) is 2. The van der Waals surface area contributed by atoms with Gasteiger partial charge in [0.15, 0.2) is 0 Å². The van der Waals surface area contributed by atoms with E-state index in [-0.39, 0.29) is 11.7 Å². The van der Waals surface area contributed by atoms with Crippen LogP contribution in [-0.4, -0.2) is 31.3 Å². The summed E-state index contributed by atoms with van der Waals surface area (Å²) in [6.45, 7) is 5.33. The lowest BCUT2D eigenvalue weighted by Gasteiger charge is -2.17. The van der Waals surface area contributed by atoms with Crippen molar-refractivity contribution < 1.29 is 18.3 Å². The molecule has 0 amide bonds. The molecule has 0 aromatic rings. The van der Waals surface area contributed by atoms with Crippen LogP contribution in [0.1, 0.15) is 40.0 Å². The molecule has 16 heavy (non-hydrogen) atoms. The SMILES string of the molecule is CCCCCS(=O)(=O)N[C@H](C(=O)O)C(C)C. The highest BCUT2D eigenvalue weighted by molar-refractivity contribution is 7.89. The van der Waals surface area contributed by atoms with Crippen LogP contribution in [0.15, 0.2) is 0 Å². The summed E-state index contributed by atoms with van der Waals surface area (Å²) in [7, 11) is -3.47. The summed E-state index contributed by atoms with van der Waals surface area (Å²) in [4.78, 5) is 10.8. The topological polar surface area (TPSA) is 83.5 Å². The second-order valence-electron chi connectivity index (χ2n) is 4.20. The van der Waals surface area contributed by atoms with Gasteiger partial charge < -0.3 is 5.11 Å². The molecule has 0 aliphatic heterocycles. The van der Waals surface area contributed by atoms with E-state index in [4.69, 9.17) is 5.11 Å².